The molecular weight excluding hydrogens is 432 g/mol. The molecule has 0 rings (SSSR count). The molecule has 0 aliphatic carbocycles. The minimum Gasteiger partial charge on any atom is -0.412 e. The first kappa shape index (κ1) is 35.9. The van der Waals surface area contributed by atoms with Gasteiger partial charge in [-0.2, -0.15) is 0 Å². The van der Waals surface area contributed by atoms with Gasteiger partial charge in [0.25, 0.3) is 5.79 Å². The molecule has 34 heavy (non-hydrogen) atoms. The van der Waals surface area contributed by atoms with Gasteiger partial charge in [0, 0.05) is 6.42 Å². The molecule has 0 radical (unpaired) electrons. The highest BCUT2D eigenvalue weighted by atomic mass is 16.9. The number of ether oxygens (including phenoxy) is 5. The van der Waals surface area contributed by atoms with E-state index in [-0.39, 0.29) is 11.6 Å². The van der Waals surface area contributed by atoms with Crippen LogP contribution in [0.1, 0.15) is 138 Å². The lowest BCUT2D eigenvalue weighted by Gasteiger charge is -2.48. The van der Waals surface area contributed by atoms with Crippen LogP contribution in [0.15, 0.2) is 0 Å². The fourth-order valence-corrected chi connectivity index (χ4v) is 3.83. The minimum absolute atomic E-state index is 0. The molecular formula is C28H60O6. The van der Waals surface area contributed by atoms with Crippen molar-refractivity contribution in [1.29, 1.82) is 0 Å². The Morgan fingerprint density at radius 1 is 0.500 bits per heavy atom. The maximum absolute atomic E-state index is 6.62. The van der Waals surface area contributed by atoms with Crippen molar-refractivity contribution in [1.82, 2.24) is 0 Å². The third-order valence-electron chi connectivity index (χ3n) is 5.66. The molecule has 0 amide bonds. The molecule has 0 heterocycles. The van der Waals surface area contributed by atoms with Crippen LogP contribution in [-0.4, -0.2) is 49.8 Å². The van der Waals surface area contributed by atoms with Crippen molar-refractivity contribution in [3.63, 3.8) is 0 Å². The molecule has 2 unspecified atom stereocenters. The second-order valence-corrected chi connectivity index (χ2v) is 9.45. The van der Waals surface area contributed by atoms with Crippen molar-refractivity contribution in [3.05, 3.63) is 0 Å². The van der Waals surface area contributed by atoms with Gasteiger partial charge >= 0.3 is 5.97 Å². The molecule has 0 aliphatic rings. The van der Waals surface area contributed by atoms with E-state index in [1.807, 2.05) is 0 Å². The Labute approximate surface area is 212 Å². The van der Waals surface area contributed by atoms with E-state index in [4.69, 9.17) is 23.7 Å². The zero-order chi connectivity index (χ0) is 24.8. The Balaban J connectivity index is 0. The maximum atomic E-state index is 6.62. The maximum Gasteiger partial charge on any atom is 0.340 e. The van der Waals surface area contributed by atoms with Gasteiger partial charge in [-0.05, 0) is 46.0 Å². The van der Waals surface area contributed by atoms with Crippen molar-refractivity contribution in [3.8, 4) is 0 Å². The summed E-state index contributed by atoms with van der Waals surface area (Å²) < 4.78 is 32.9. The van der Waals surface area contributed by atoms with Crippen molar-refractivity contribution >= 4 is 0 Å². The standard InChI is InChI=1S/C28H58O5.H2O/c1-8-13-17-20-25-32-28(30-23-16-11-4,31-24-19-15-10-3)27(29-22-12-5,33-26(6)7)21-18-14-9-2;/h26H,8-25H2,1-7H3;1H2. The van der Waals surface area contributed by atoms with E-state index in [1.165, 1.54) is 12.8 Å². The SMILES string of the molecule is CCCCCCOC(OCCCC)(OCCCCC)C(CCCCC)(OCCC)OC(C)C.O. The average Bonchev–Trinajstić information content (AvgIpc) is 2.79. The van der Waals surface area contributed by atoms with Crippen LogP contribution in [0.2, 0.25) is 0 Å². The van der Waals surface area contributed by atoms with Gasteiger partial charge in [0.2, 0.25) is 0 Å². The second-order valence-electron chi connectivity index (χ2n) is 9.45. The lowest BCUT2D eigenvalue weighted by molar-refractivity contribution is -0.504. The van der Waals surface area contributed by atoms with Gasteiger partial charge in [0.15, 0.2) is 0 Å². The van der Waals surface area contributed by atoms with Crippen molar-refractivity contribution in [2.75, 3.05) is 26.4 Å². The average molecular weight is 493 g/mol. The molecule has 6 nitrogen and oxygen atoms in total. The lowest BCUT2D eigenvalue weighted by Crippen LogP contribution is -2.63. The summed E-state index contributed by atoms with van der Waals surface area (Å²) in [4.78, 5) is 0. The lowest BCUT2D eigenvalue weighted by atomic mass is 10.0. The van der Waals surface area contributed by atoms with Gasteiger partial charge in [-0.3, -0.25) is 0 Å². The van der Waals surface area contributed by atoms with Crippen molar-refractivity contribution < 1.29 is 29.2 Å². The zero-order valence-electron chi connectivity index (χ0n) is 23.8. The first-order valence-electron chi connectivity index (χ1n) is 14.2. The Hall–Kier alpha value is -0.240. The first-order chi connectivity index (χ1) is 16.0. The van der Waals surface area contributed by atoms with Crippen LogP contribution in [0.5, 0.6) is 0 Å². The summed E-state index contributed by atoms with van der Waals surface area (Å²) in [6.45, 7) is 17.3. The van der Waals surface area contributed by atoms with Gasteiger partial charge in [0.1, 0.15) is 0 Å². The van der Waals surface area contributed by atoms with Gasteiger partial charge < -0.3 is 29.2 Å². The largest absolute Gasteiger partial charge is 0.412 e. The molecule has 208 valence electrons. The molecule has 0 bridgehead atoms. The van der Waals surface area contributed by atoms with E-state index in [2.05, 4.69) is 48.5 Å². The van der Waals surface area contributed by atoms with Crippen molar-refractivity contribution in [2.24, 2.45) is 0 Å². The van der Waals surface area contributed by atoms with Gasteiger partial charge in [-0.15, -0.1) is 0 Å². The topological polar surface area (TPSA) is 77.7 Å². The van der Waals surface area contributed by atoms with Gasteiger partial charge in [0.05, 0.1) is 32.5 Å². The third kappa shape index (κ3) is 14.4. The van der Waals surface area contributed by atoms with E-state index in [0.717, 1.165) is 70.6 Å². The molecule has 2 N–H and O–H groups in total. The normalized spacial score (nSPS) is 15.2. The molecule has 0 spiro atoms. The molecule has 0 aliphatic heterocycles. The van der Waals surface area contributed by atoms with E-state index in [9.17, 15) is 0 Å². The van der Waals surface area contributed by atoms with Gasteiger partial charge in [-0.1, -0.05) is 86.0 Å². The molecule has 0 saturated carbocycles. The highest BCUT2D eigenvalue weighted by Crippen LogP contribution is 2.40. The molecule has 6 heteroatoms. The highest BCUT2D eigenvalue weighted by Gasteiger charge is 2.58. The van der Waals surface area contributed by atoms with E-state index in [1.54, 1.807) is 0 Å². The number of hydrogen-bond acceptors (Lipinski definition) is 5. The summed E-state index contributed by atoms with van der Waals surface area (Å²) in [6.07, 6.45) is 14.5. The number of hydrogen-bond donors (Lipinski definition) is 0. The van der Waals surface area contributed by atoms with E-state index >= 15 is 0 Å². The van der Waals surface area contributed by atoms with Gasteiger partial charge in [-0.25, -0.2) is 0 Å². The van der Waals surface area contributed by atoms with Crippen LogP contribution in [-0.2, 0) is 23.7 Å². The Morgan fingerprint density at radius 3 is 1.47 bits per heavy atom. The summed E-state index contributed by atoms with van der Waals surface area (Å²) in [5.41, 5.74) is 0. The summed E-state index contributed by atoms with van der Waals surface area (Å²) >= 11 is 0. The smallest absolute Gasteiger partial charge is 0.340 e. The monoisotopic (exact) mass is 492 g/mol. The van der Waals surface area contributed by atoms with Crippen LogP contribution in [0, 0.1) is 0 Å². The van der Waals surface area contributed by atoms with Crippen LogP contribution in [0.4, 0.5) is 0 Å². The van der Waals surface area contributed by atoms with Crippen molar-refractivity contribution in [2.45, 2.75) is 156 Å². The fourth-order valence-electron chi connectivity index (χ4n) is 3.83. The number of rotatable bonds is 25. The Kier molecular flexibility index (Phi) is 24.5. The van der Waals surface area contributed by atoms with Crippen LogP contribution in [0.3, 0.4) is 0 Å². The van der Waals surface area contributed by atoms with Crippen LogP contribution in [0.25, 0.3) is 0 Å². The highest BCUT2D eigenvalue weighted by molar-refractivity contribution is 4.85. The molecule has 0 saturated heterocycles. The summed E-state index contributed by atoms with van der Waals surface area (Å²) in [7, 11) is 0. The predicted molar refractivity (Wildman–Crippen MR) is 142 cm³/mol. The molecule has 0 fully saturated rings. The predicted octanol–water partition coefficient (Wildman–Crippen LogP) is 7.56. The molecule has 0 aromatic heterocycles. The Morgan fingerprint density at radius 2 is 0.971 bits per heavy atom. The summed E-state index contributed by atoms with van der Waals surface area (Å²) in [5.74, 6) is -2.44. The summed E-state index contributed by atoms with van der Waals surface area (Å²) in [6, 6.07) is 0. The third-order valence-corrected chi connectivity index (χ3v) is 5.66. The minimum atomic E-state index is -1.35. The van der Waals surface area contributed by atoms with Crippen LogP contribution >= 0.6 is 0 Å². The molecule has 0 aromatic rings. The zero-order valence-corrected chi connectivity index (χ0v) is 23.8. The van der Waals surface area contributed by atoms with Crippen LogP contribution < -0.4 is 0 Å². The molecule has 2 atom stereocenters. The summed E-state index contributed by atoms with van der Waals surface area (Å²) in [5, 5.41) is 0. The van der Waals surface area contributed by atoms with E-state index in [0.29, 0.717) is 32.8 Å². The number of unbranched alkanes of at least 4 members (excludes halogenated alkanes) is 8. The molecule has 0 aromatic carbocycles. The fraction of sp³-hybridized carbons (Fsp3) is 1.00. The quantitative estimate of drug-likeness (QED) is 0.0970. The van der Waals surface area contributed by atoms with E-state index < -0.39 is 11.8 Å². The Bertz CT molecular complexity index is 420. The first-order valence-corrected chi connectivity index (χ1v) is 14.2. The second kappa shape index (κ2) is 23.2.